The van der Waals surface area contributed by atoms with E-state index in [0.717, 1.165) is 6.42 Å². The predicted molar refractivity (Wildman–Crippen MR) is 74.5 cm³/mol. The van der Waals surface area contributed by atoms with E-state index in [2.05, 4.69) is 4.90 Å². The molecule has 1 aliphatic heterocycles. The lowest BCUT2D eigenvalue weighted by molar-refractivity contribution is -0.0442. The van der Waals surface area contributed by atoms with E-state index in [1.54, 1.807) is 0 Å². The van der Waals surface area contributed by atoms with Crippen LogP contribution in [0.15, 0.2) is 0 Å². The molecule has 1 saturated heterocycles. The van der Waals surface area contributed by atoms with Gasteiger partial charge in [0.1, 0.15) is 0 Å². The second kappa shape index (κ2) is 5.50. The van der Waals surface area contributed by atoms with E-state index < -0.39 is 0 Å². The zero-order valence-electron chi connectivity index (χ0n) is 11.7. The van der Waals surface area contributed by atoms with Crippen LogP contribution in [0.25, 0.3) is 0 Å². The first-order valence-electron chi connectivity index (χ1n) is 8.18. The van der Waals surface area contributed by atoms with Crippen molar-refractivity contribution in [3.8, 4) is 0 Å². The summed E-state index contributed by atoms with van der Waals surface area (Å²) in [6.07, 6.45) is 13.6. The molecule has 2 unspecified atom stereocenters. The van der Waals surface area contributed by atoms with Crippen LogP contribution in [-0.2, 0) is 0 Å². The minimum Gasteiger partial charge on any atom is -0.393 e. The molecule has 2 nitrogen and oxygen atoms in total. The Morgan fingerprint density at radius 1 is 0.889 bits per heavy atom. The van der Waals surface area contributed by atoms with Crippen molar-refractivity contribution in [2.45, 2.75) is 70.3 Å². The molecule has 3 aliphatic rings. The Labute approximate surface area is 112 Å². The second-order valence-corrected chi connectivity index (χ2v) is 7.20. The minimum absolute atomic E-state index is 0.00978. The van der Waals surface area contributed by atoms with Crippen molar-refractivity contribution >= 4 is 0 Å². The molecular formula is C16H29NO. The van der Waals surface area contributed by atoms with E-state index in [1.807, 2.05) is 0 Å². The summed E-state index contributed by atoms with van der Waals surface area (Å²) in [7, 11) is 0. The van der Waals surface area contributed by atoms with E-state index in [1.165, 1.54) is 77.4 Å². The van der Waals surface area contributed by atoms with Crippen LogP contribution in [0, 0.1) is 11.3 Å². The molecule has 18 heavy (non-hydrogen) atoms. The van der Waals surface area contributed by atoms with Crippen LogP contribution in [-0.4, -0.2) is 35.7 Å². The third kappa shape index (κ3) is 2.75. The van der Waals surface area contributed by atoms with Gasteiger partial charge >= 0.3 is 0 Å². The molecule has 0 aromatic heterocycles. The average molecular weight is 251 g/mol. The first-order chi connectivity index (χ1) is 8.77. The van der Waals surface area contributed by atoms with Crippen molar-refractivity contribution in [1.29, 1.82) is 0 Å². The van der Waals surface area contributed by atoms with Gasteiger partial charge in [-0.05, 0) is 37.0 Å². The summed E-state index contributed by atoms with van der Waals surface area (Å²) in [5.41, 5.74) is 0.691. The third-order valence-electron chi connectivity index (χ3n) is 5.64. The van der Waals surface area contributed by atoms with E-state index >= 15 is 0 Å². The number of nitrogens with zero attached hydrogens (tertiary/aromatic N) is 1. The van der Waals surface area contributed by atoms with Crippen LogP contribution in [0.4, 0.5) is 0 Å². The van der Waals surface area contributed by atoms with Crippen molar-refractivity contribution in [3.63, 3.8) is 0 Å². The van der Waals surface area contributed by atoms with Crippen molar-refractivity contribution in [1.82, 2.24) is 4.90 Å². The van der Waals surface area contributed by atoms with Crippen molar-refractivity contribution in [3.05, 3.63) is 0 Å². The molecule has 2 atom stereocenters. The number of likely N-dealkylation sites (tertiary alicyclic amines) is 1. The Morgan fingerprint density at radius 3 is 2.22 bits per heavy atom. The minimum atomic E-state index is -0.00978. The third-order valence-corrected chi connectivity index (χ3v) is 5.64. The Morgan fingerprint density at radius 2 is 1.56 bits per heavy atom. The first kappa shape index (κ1) is 12.9. The highest BCUT2D eigenvalue weighted by Crippen LogP contribution is 2.43. The van der Waals surface area contributed by atoms with Crippen LogP contribution in [0.3, 0.4) is 0 Å². The normalized spacial score (nSPS) is 37.2. The fourth-order valence-corrected chi connectivity index (χ4v) is 4.56. The monoisotopic (exact) mass is 251 g/mol. The fourth-order valence-electron chi connectivity index (χ4n) is 4.56. The summed E-state index contributed by atoms with van der Waals surface area (Å²) in [4.78, 5) is 2.63. The Hall–Kier alpha value is -0.0800. The van der Waals surface area contributed by atoms with Crippen molar-refractivity contribution < 1.29 is 5.11 Å². The number of aliphatic hydroxyl groups is 1. The van der Waals surface area contributed by atoms with E-state index in [4.69, 9.17) is 0 Å². The molecule has 0 aromatic rings. The van der Waals surface area contributed by atoms with Gasteiger partial charge in [0.25, 0.3) is 0 Å². The Bertz CT molecular complexity index is 262. The fraction of sp³-hybridized carbons (Fsp3) is 1.00. The van der Waals surface area contributed by atoms with Gasteiger partial charge in [-0.25, -0.2) is 0 Å². The molecule has 0 radical (unpaired) electrons. The number of rotatable bonds is 2. The molecule has 0 bridgehead atoms. The predicted octanol–water partition coefficient (Wildman–Crippen LogP) is 3.19. The maximum absolute atomic E-state index is 10.1. The van der Waals surface area contributed by atoms with Crippen LogP contribution in [0.2, 0.25) is 0 Å². The van der Waals surface area contributed by atoms with Crippen LogP contribution >= 0.6 is 0 Å². The summed E-state index contributed by atoms with van der Waals surface area (Å²) >= 11 is 0. The maximum Gasteiger partial charge on any atom is 0.0580 e. The zero-order valence-corrected chi connectivity index (χ0v) is 11.7. The zero-order chi connectivity index (χ0) is 12.4. The van der Waals surface area contributed by atoms with Crippen LogP contribution < -0.4 is 0 Å². The van der Waals surface area contributed by atoms with Crippen molar-refractivity contribution in [2.24, 2.45) is 11.3 Å². The SMILES string of the molecule is OC1CCCCC1CN1CC2(CCCCCC2)C1. The van der Waals surface area contributed by atoms with Gasteiger partial charge in [0.05, 0.1) is 6.10 Å². The molecular weight excluding hydrogens is 222 g/mol. The lowest BCUT2D eigenvalue weighted by atomic mass is 9.72. The van der Waals surface area contributed by atoms with Gasteiger partial charge in [-0.3, -0.25) is 0 Å². The molecule has 3 rings (SSSR count). The average Bonchev–Trinajstić information content (AvgIpc) is 2.57. The van der Waals surface area contributed by atoms with E-state index in [9.17, 15) is 5.11 Å². The van der Waals surface area contributed by atoms with Crippen molar-refractivity contribution in [2.75, 3.05) is 19.6 Å². The van der Waals surface area contributed by atoms with Crippen LogP contribution in [0.1, 0.15) is 64.2 Å². The highest BCUT2D eigenvalue weighted by atomic mass is 16.3. The smallest absolute Gasteiger partial charge is 0.0580 e. The maximum atomic E-state index is 10.1. The van der Waals surface area contributed by atoms with Gasteiger partial charge in [-0.15, -0.1) is 0 Å². The molecule has 2 saturated carbocycles. The molecule has 1 heterocycles. The number of hydrogen-bond donors (Lipinski definition) is 1. The lowest BCUT2D eigenvalue weighted by Crippen LogP contribution is -2.57. The standard InChI is InChI=1S/C16H29NO/c18-15-8-4-3-7-14(15)11-17-12-16(13-17)9-5-1-2-6-10-16/h14-15,18H,1-13H2. The van der Waals surface area contributed by atoms with E-state index in [-0.39, 0.29) is 6.10 Å². The van der Waals surface area contributed by atoms with Gasteiger partial charge in [-0.2, -0.15) is 0 Å². The van der Waals surface area contributed by atoms with Gasteiger partial charge < -0.3 is 10.0 Å². The quantitative estimate of drug-likeness (QED) is 0.814. The molecule has 3 fully saturated rings. The lowest BCUT2D eigenvalue weighted by Gasteiger charge is -2.52. The highest BCUT2D eigenvalue weighted by Gasteiger charge is 2.43. The summed E-state index contributed by atoms with van der Waals surface area (Å²) in [5.74, 6) is 0.571. The molecule has 1 spiro atoms. The molecule has 104 valence electrons. The van der Waals surface area contributed by atoms with Gasteiger partial charge in [0.2, 0.25) is 0 Å². The second-order valence-electron chi connectivity index (χ2n) is 7.20. The molecule has 0 aromatic carbocycles. The Balaban J connectivity index is 1.46. The highest BCUT2D eigenvalue weighted by molar-refractivity contribution is 4.96. The largest absolute Gasteiger partial charge is 0.393 e. The first-order valence-corrected chi connectivity index (χ1v) is 8.18. The van der Waals surface area contributed by atoms with Crippen LogP contribution in [0.5, 0.6) is 0 Å². The summed E-state index contributed by atoms with van der Waals surface area (Å²) in [6, 6.07) is 0. The molecule has 0 amide bonds. The molecule has 1 N–H and O–H groups in total. The molecule has 2 aliphatic carbocycles. The summed E-state index contributed by atoms with van der Waals surface area (Å²) in [5, 5.41) is 10.1. The van der Waals surface area contributed by atoms with Gasteiger partial charge in [0.15, 0.2) is 0 Å². The number of hydrogen-bond acceptors (Lipinski definition) is 2. The van der Waals surface area contributed by atoms with Gasteiger partial charge in [0, 0.05) is 19.6 Å². The van der Waals surface area contributed by atoms with Gasteiger partial charge in [-0.1, -0.05) is 38.5 Å². The Kier molecular flexibility index (Phi) is 3.95. The summed E-state index contributed by atoms with van der Waals surface area (Å²) < 4.78 is 0. The topological polar surface area (TPSA) is 23.5 Å². The summed E-state index contributed by atoms with van der Waals surface area (Å²) in [6.45, 7) is 3.83. The van der Waals surface area contributed by atoms with E-state index in [0.29, 0.717) is 11.3 Å². The number of aliphatic hydroxyl groups excluding tert-OH is 1. The molecule has 2 heteroatoms.